The van der Waals surface area contributed by atoms with E-state index in [1.54, 1.807) is 13.0 Å². The van der Waals surface area contributed by atoms with Crippen molar-refractivity contribution in [3.05, 3.63) is 32.6 Å². The zero-order chi connectivity index (χ0) is 8.43. The van der Waals surface area contributed by atoms with Crippen LogP contribution < -0.4 is 0 Å². The summed E-state index contributed by atoms with van der Waals surface area (Å²) in [6, 6.07) is 4.95. The molecule has 0 aromatic heterocycles. The highest BCUT2D eigenvalue weighted by molar-refractivity contribution is 14.1. The largest absolute Gasteiger partial charge is 0.205 e. The Balaban J connectivity index is 3.40. The molecule has 0 N–H and O–H groups in total. The van der Waals surface area contributed by atoms with Gasteiger partial charge in [-0.05, 0) is 47.2 Å². The van der Waals surface area contributed by atoms with Crippen molar-refractivity contribution in [2.45, 2.75) is 6.92 Å². The SMILES string of the molecule is Cc1cc(I)cc(F)c1C#N. The molecular formula is C8H5FIN. The van der Waals surface area contributed by atoms with E-state index in [9.17, 15) is 4.39 Å². The van der Waals surface area contributed by atoms with E-state index < -0.39 is 5.82 Å². The van der Waals surface area contributed by atoms with Crippen LogP contribution in [0.5, 0.6) is 0 Å². The van der Waals surface area contributed by atoms with Crippen molar-refractivity contribution < 1.29 is 4.39 Å². The molecule has 0 amide bonds. The van der Waals surface area contributed by atoms with E-state index in [1.165, 1.54) is 6.07 Å². The van der Waals surface area contributed by atoms with Crippen molar-refractivity contribution in [2.75, 3.05) is 0 Å². The summed E-state index contributed by atoms with van der Waals surface area (Å²) in [7, 11) is 0. The van der Waals surface area contributed by atoms with E-state index in [1.807, 2.05) is 28.7 Å². The highest BCUT2D eigenvalue weighted by Gasteiger charge is 2.04. The summed E-state index contributed by atoms with van der Waals surface area (Å²) < 4.78 is 13.7. The van der Waals surface area contributed by atoms with Gasteiger partial charge in [-0.1, -0.05) is 0 Å². The van der Waals surface area contributed by atoms with E-state index >= 15 is 0 Å². The standard InChI is InChI=1S/C8H5FIN/c1-5-2-6(10)3-8(9)7(5)4-11/h2-3H,1H3. The molecule has 0 radical (unpaired) electrons. The first-order valence-corrected chi connectivity index (χ1v) is 4.09. The lowest BCUT2D eigenvalue weighted by Gasteiger charge is -1.98. The van der Waals surface area contributed by atoms with Crippen LogP contribution in [0, 0.1) is 27.6 Å². The van der Waals surface area contributed by atoms with Crippen LogP contribution in [-0.2, 0) is 0 Å². The van der Waals surface area contributed by atoms with E-state index in [0.717, 1.165) is 3.57 Å². The molecular weight excluding hydrogens is 256 g/mol. The normalized spacial score (nSPS) is 9.27. The average molecular weight is 261 g/mol. The minimum Gasteiger partial charge on any atom is -0.205 e. The monoisotopic (exact) mass is 261 g/mol. The Hall–Kier alpha value is -0.630. The summed E-state index contributed by atoms with van der Waals surface area (Å²) >= 11 is 2.01. The van der Waals surface area contributed by atoms with Gasteiger partial charge in [0.05, 0.1) is 5.56 Å². The zero-order valence-corrected chi connectivity index (χ0v) is 8.02. The Morgan fingerprint density at radius 1 is 1.55 bits per heavy atom. The average Bonchev–Trinajstić information content (AvgIpc) is 1.85. The molecule has 1 nitrogen and oxygen atoms in total. The molecule has 1 rings (SSSR count). The number of hydrogen-bond acceptors (Lipinski definition) is 1. The molecule has 0 saturated carbocycles. The fourth-order valence-electron chi connectivity index (χ4n) is 0.844. The third kappa shape index (κ3) is 1.69. The van der Waals surface area contributed by atoms with E-state index in [0.29, 0.717) is 5.56 Å². The van der Waals surface area contributed by atoms with Crippen LogP contribution in [0.15, 0.2) is 12.1 Å². The highest BCUT2D eigenvalue weighted by Crippen LogP contribution is 2.15. The Morgan fingerprint density at radius 2 is 2.18 bits per heavy atom. The molecule has 0 fully saturated rings. The van der Waals surface area contributed by atoms with Gasteiger partial charge in [-0.2, -0.15) is 5.26 Å². The molecule has 0 atom stereocenters. The molecule has 0 spiro atoms. The number of aryl methyl sites for hydroxylation is 1. The smallest absolute Gasteiger partial charge is 0.142 e. The maximum atomic E-state index is 12.9. The fourth-order valence-corrected chi connectivity index (χ4v) is 1.58. The van der Waals surface area contributed by atoms with Crippen LogP contribution >= 0.6 is 22.6 Å². The summed E-state index contributed by atoms with van der Waals surface area (Å²) in [6.45, 7) is 1.73. The molecule has 0 bridgehead atoms. The quantitative estimate of drug-likeness (QED) is 0.658. The number of rotatable bonds is 0. The zero-order valence-electron chi connectivity index (χ0n) is 5.86. The summed E-state index contributed by atoms with van der Waals surface area (Å²) in [6.07, 6.45) is 0. The van der Waals surface area contributed by atoms with Crippen LogP contribution in [0.4, 0.5) is 4.39 Å². The van der Waals surface area contributed by atoms with Crippen LogP contribution in [-0.4, -0.2) is 0 Å². The van der Waals surface area contributed by atoms with Gasteiger partial charge in [-0.25, -0.2) is 4.39 Å². The van der Waals surface area contributed by atoms with Crippen LogP contribution in [0.3, 0.4) is 0 Å². The predicted molar refractivity (Wildman–Crippen MR) is 48.6 cm³/mol. The van der Waals surface area contributed by atoms with Crippen molar-refractivity contribution in [1.29, 1.82) is 5.26 Å². The van der Waals surface area contributed by atoms with Crippen molar-refractivity contribution >= 4 is 22.6 Å². The highest BCUT2D eigenvalue weighted by atomic mass is 127. The molecule has 1 aromatic carbocycles. The van der Waals surface area contributed by atoms with E-state index in [2.05, 4.69) is 0 Å². The summed E-state index contributed by atoms with van der Waals surface area (Å²) in [4.78, 5) is 0. The Bertz CT molecular complexity index is 304. The molecule has 0 aliphatic rings. The second kappa shape index (κ2) is 3.18. The minimum atomic E-state index is -0.433. The summed E-state index contributed by atoms with van der Waals surface area (Å²) in [5, 5.41) is 8.50. The van der Waals surface area contributed by atoms with Gasteiger partial charge in [-0.15, -0.1) is 0 Å². The van der Waals surface area contributed by atoms with E-state index in [4.69, 9.17) is 5.26 Å². The fraction of sp³-hybridized carbons (Fsp3) is 0.125. The predicted octanol–water partition coefficient (Wildman–Crippen LogP) is 2.61. The van der Waals surface area contributed by atoms with Gasteiger partial charge >= 0.3 is 0 Å². The Labute approximate surface area is 78.0 Å². The lowest BCUT2D eigenvalue weighted by atomic mass is 10.1. The maximum absolute atomic E-state index is 12.9. The topological polar surface area (TPSA) is 23.8 Å². The lowest BCUT2D eigenvalue weighted by molar-refractivity contribution is 0.621. The van der Waals surface area contributed by atoms with Gasteiger partial charge in [-0.3, -0.25) is 0 Å². The lowest BCUT2D eigenvalue weighted by Crippen LogP contribution is -1.89. The van der Waals surface area contributed by atoms with Crippen molar-refractivity contribution in [1.82, 2.24) is 0 Å². The van der Waals surface area contributed by atoms with Crippen molar-refractivity contribution in [3.8, 4) is 6.07 Å². The van der Waals surface area contributed by atoms with Gasteiger partial charge in [0, 0.05) is 3.57 Å². The number of nitrogens with zero attached hydrogens (tertiary/aromatic N) is 1. The van der Waals surface area contributed by atoms with Crippen LogP contribution in [0.2, 0.25) is 0 Å². The number of halogens is 2. The summed E-state index contributed by atoms with van der Waals surface area (Å²) in [5.74, 6) is -0.433. The third-order valence-corrected chi connectivity index (χ3v) is 1.99. The first-order chi connectivity index (χ1) is 5.15. The second-order valence-corrected chi connectivity index (χ2v) is 3.44. The first kappa shape index (κ1) is 8.47. The number of hydrogen-bond donors (Lipinski definition) is 0. The van der Waals surface area contributed by atoms with Gasteiger partial charge in [0.1, 0.15) is 11.9 Å². The van der Waals surface area contributed by atoms with E-state index in [-0.39, 0.29) is 5.56 Å². The molecule has 11 heavy (non-hydrogen) atoms. The maximum Gasteiger partial charge on any atom is 0.142 e. The molecule has 0 saturated heterocycles. The number of benzene rings is 1. The molecule has 3 heteroatoms. The minimum absolute atomic E-state index is 0.144. The third-order valence-electron chi connectivity index (χ3n) is 1.36. The molecule has 56 valence electrons. The Kier molecular flexibility index (Phi) is 2.45. The molecule has 0 aliphatic carbocycles. The van der Waals surface area contributed by atoms with Crippen LogP contribution in [0.1, 0.15) is 11.1 Å². The molecule has 0 heterocycles. The Morgan fingerprint density at radius 3 is 2.64 bits per heavy atom. The molecule has 0 aliphatic heterocycles. The van der Waals surface area contributed by atoms with Gasteiger partial charge in [0.2, 0.25) is 0 Å². The summed E-state index contributed by atoms with van der Waals surface area (Å²) in [5.41, 5.74) is 0.835. The van der Waals surface area contributed by atoms with Gasteiger partial charge in [0.15, 0.2) is 0 Å². The second-order valence-electron chi connectivity index (χ2n) is 2.19. The molecule has 0 unspecified atom stereocenters. The first-order valence-electron chi connectivity index (χ1n) is 3.01. The van der Waals surface area contributed by atoms with Gasteiger partial charge in [0.25, 0.3) is 0 Å². The number of nitriles is 1. The van der Waals surface area contributed by atoms with Crippen LogP contribution in [0.25, 0.3) is 0 Å². The van der Waals surface area contributed by atoms with Crippen molar-refractivity contribution in [2.24, 2.45) is 0 Å². The van der Waals surface area contributed by atoms with Gasteiger partial charge < -0.3 is 0 Å². The molecule has 1 aromatic rings. The van der Waals surface area contributed by atoms with Crippen molar-refractivity contribution in [3.63, 3.8) is 0 Å².